The Balaban J connectivity index is 3.08. The molecular weight excluding hydrogens is 220 g/mol. The minimum atomic E-state index is 0.481. The van der Waals surface area contributed by atoms with E-state index >= 15 is 0 Å². The molecule has 0 saturated heterocycles. The molecule has 0 bridgehead atoms. The first-order valence-electron chi connectivity index (χ1n) is 6.81. The largest absolute Gasteiger partial charge is 0.494 e. The highest BCUT2D eigenvalue weighted by atomic mass is 16.5. The summed E-state index contributed by atoms with van der Waals surface area (Å²) in [4.78, 5) is 0. The zero-order valence-corrected chi connectivity index (χ0v) is 12.0. The summed E-state index contributed by atoms with van der Waals surface area (Å²) in [6.45, 7) is 9.19. The molecule has 0 amide bonds. The van der Waals surface area contributed by atoms with E-state index in [2.05, 4.69) is 38.8 Å². The van der Waals surface area contributed by atoms with Crippen molar-refractivity contribution in [2.24, 2.45) is 0 Å². The van der Waals surface area contributed by atoms with Crippen LogP contribution in [0.4, 0.5) is 0 Å². The van der Waals surface area contributed by atoms with Gasteiger partial charge in [0.25, 0.3) is 0 Å². The van der Waals surface area contributed by atoms with Crippen LogP contribution in [0.3, 0.4) is 0 Å². The molecule has 0 radical (unpaired) electrons. The van der Waals surface area contributed by atoms with Crippen LogP contribution in [0.5, 0.6) is 5.75 Å². The molecule has 0 aliphatic rings. The molecule has 1 nitrogen and oxygen atoms in total. The molecule has 0 fully saturated rings. The van der Waals surface area contributed by atoms with Crippen LogP contribution in [-0.4, -0.2) is 6.61 Å². The van der Waals surface area contributed by atoms with Gasteiger partial charge in [-0.3, -0.25) is 0 Å². The SMILES string of the molecule is C#CCC(CCC)c1cc(C)c(OCC)cc1C. The molecule has 0 saturated carbocycles. The van der Waals surface area contributed by atoms with Gasteiger partial charge >= 0.3 is 0 Å². The summed E-state index contributed by atoms with van der Waals surface area (Å²) in [5.41, 5.74) is 3.88. The number of terminal acetylenes is 1. The average molecular weight is 244 g/mol. The van der Waals surface area contributed by atoms with Gasteiger partial charge in [-0.2, -0.15) is 0 Å². The lowest BCUT2D eigenvalue weighted by atomic mass is 9.87. The van der Waals surface area contributed by atoms with Crippen LogP contribution in [0.15, 0.2) is 12.1 Å². The maximum Gasteiger partial charge on any atom is 0.122 e. The minimum absolute atomic E-state index is 0.481. The highest BCUT2D eigenvalue weighted by Gasteiger charge is 2.14. The van der Waals surface area contributed by atoms with E-state index in [1.54, 1.807) is 0 Å². The Morgan fingerprint density at radius 1 is 1.22 bits per heavy atom. The van der Waals surface area contributed by atoms with Crippen molar-refractivity contribution < 1.29 is 4.74 Å². The molecule has 1 rings (SSSR count). The first-order chi connectivity index (χ1) is 8.63. The molecule has 0 aliphatic heterocycles. The summed E-state index contributed by atoms with van der Waals surface area (Å²) in [6.07, 6.45) is 8.63. The van der Waals surface area contributed by atoms with Gasteiger partial charge in [-0.15, -0.1) is 12.3 Å². The van der Waals surface area contributed by atoms with Crippen molar-refractivity contribution in [3.05, 3.63) is 28.8 Å². The monoisotopic (exact) mass is 244 g/mol. The first kappa shape index (κ1) is 14.6. The second kappa shape index (κ2) is 7.11. The number of rotatable bonds is 6. The minimum Gasteiger partial charge on any atom is -0.494 e. The number of hydrogen-bond acceptors (Lipinski definition) is 1. The van der Waals surface area contributed by atoms with Gasteiger partial charge in [0.2, 0.25) is 0 Å². The summed E-state index contributed by atoms with van der Waals surface area (Å²) in [7, 11) is 0. The molecular formula is C17H24O. The maximum atomic E-state index is 5.63. The van der Waals surface area contributed by atoms with Gasteiger partial charge in [0.15, 0.2) is 0 Å². The Kier molecular flexibility index (Phi) is 5.78. The summed E-state index contributed by atoms with van der Waals surface area (Å²) in [5.74, 6) is 4.28. The molecule has 98 valence electrons. The van der Waals surface area contributed by atoms with Crippen molar-refractivity contribution in [3.8, 4) is 18.1 Å². The zero-order valence-electron chi connectivity index (χ0n) is 12.0. The van der Waals surface area contributed by atoms with Crippen molar-refractivity contribution in [1.29, 1.82) is 0 Å². The fraction of sp³-hybridized carbons (Fsp3) is 0.529. The molecule has 1 aromatic carbocycles. The van der Waals surface area contributed by atoms with E-state index < -0.39 is 0 Å². The van der Waals surface area contributed by atoms with Crippen molar-refractivity contribution in [1.82, 2.24) is 0 Å². The number of aryl methyl sites for hydroxylation is 2. The van der Waals surface area contributed by atoms with Gasteiger partial charge in [0.05, 0.1) is 6.61 Å². The van der Waals surface area contributed by atoms with E-state index in [1.165, 1.54) is 16.7 Å². The second-order valence-corrected chi connectivity index (χ2v) is 4.80. The van der Waals surface area contributed by atoms with Crippen molar-refractivity contribution in [3.63, 3.8) is 0 Å². The molecule has 0 aromatic heterocycles. The third-order valence-electron chi connectivity index (χ3n) is 3.30. The van der Waals surface area contributed by atoms with Crippen molar-refractivity contribution >= 4 is 0 Å². The first-order valence-corrected chi connectivity index (χ1v) is 6.81. The maximum absolute atomic E-state index is 5.63. The van der Waals surface area contributed by atoms with Crippen molar-refractivity contribution in [2.45, 2.75) is 52.9 Å². The standard InChI is InChI=1S/C17H24O/c1-6-9-15(10-7-2)16-11-14(5)17(18-8-3)12-13(16)4/h1,11-12,15H,7-10H2,2-5H3. The number of hydrogen-bond donors (Lipinski definition) is 0. The molecule has 1 atom stereocenters. The Morgan fingerprint density at radius 2 is 1.94 bits per heavy atom. The molecule has 0 spiro atoms. The predicted octanol–water partition coefficient (Wildman–Crippen LogP) is 4.61. The van der Waals surface area contributed by atoms with Crippen LogP contribution in [0.1, 0.15) is 55.7 Å². The lowest BCUT2D eigenvalue weighted by Gasteiger charge is -2.19. The molecule has 1 heteroatoms. The quantitative estimate of drug-likeness (QED) is 0.664. The van der Waals surface area contributed by atoms with E-state index in [4.69, 9.17) is 11.2 Å². The highest BCUT2D eigenvalue weighted by Crippen LogP contribution is 2.32. The molecule has 0 heterocycles. The molecule has 0 aliphatic carbocycles. The zero-order chi connectivity index (χ0) is 13.5. The lowest BCUT2D eigenvalue weighted by molar-refractivity contribution is 0.337. The van der Waals surface area contributed by atoms with Crippen LogP contribution < -0.4 is 4.74 Å². The van der Waals surface area contributed by atoms with E-state index in [0.717, 1.165) is 25.0 Å². The second-order valence-electron chi connectivity index (χ2n) is 4.80. The molecule has 1 aromatic rings. The van der Waals surface area contributed by atoms with Gasteiger partial charge in [0, 0.05) is 6.42 Å². The van der Waals surface area contributed by atoms with Gasteiger partial charge in [0.1, 0.15) is 5.75 Å². The highest BCUT2D eigenvalue weighted by molar-refractivity contribution is 5.43. The Hall–Kier alpha value is -1.42. The van der Waals surface area contributed by atoms with E-state index in [0.29, 0.717) is 12.5 Å². The molecule has 0 N–H and O–H groups in total. The summed E-state index contributed by atoms with van der Waals surface area (Å²) in [6, 6.07) is 4.39. The fourth-order valence-corrected chi connectivity index (χ4v) is 2.42. The smallest absolute Gasteiger partial charge is 0.122 e. The average Bonchev–Trinajstić information content (AvgIpc) is 2.33. The van der Waals surface area contributed by atoms with Crippen LogP contribution in [-0.2, 0) is 0 Å². The van der Waals surface area contributed by atoms with Gasteiger partial charge in [-0.05, 0) is 55.9 Å². The Bertz CT molecular complexity index is 426. The lowest BCUT2D eigenvalue weighted by Crippen LogP contribution is -2.03. The van der Waals surface area contributed by atoms with Crippen LogP contribution in [0.2, 0.25) is 0 Å². The Morgan fingerprint density at radius 3 is 2.50 bits per heavy atom. The number of ether oxygens (including phenoxy) is 1. The van der Waals surface area contributed by atoms with Crippen molar-refractivity contribution in [2.75, 3.05) is 6.61 Å². The number of benzene rings is 1. The van der Waals surface area contributed by atoms with Gasteiger partial charge in [-0.25, -0.2) is 0 Å². The van der Waals surface area contributed by atoms with E-state index in [9.17, 15) is 0 Å². The van der Waals surface area contributed by atoms with Crippen LogP contribution in [0, 0.1) is 26.2 Å². The fourth-order valence-electron chi connectivity index (χ4n) is 2.42. The normalized spacial score (nSPS) is 11.9. The Labute approximate surface area is 112 Å². The third kappa shape index (κ3) is 3.53. The summed E-state index contributed by atoms with van der Waals surface area (Å²) >= 11 is 0. The summed E-state index contributed by atoms with van der Waals surface area (Å²) < 4.78 is 5.63. The van der Waals surface area contributed by atoms with E-state index in [1.807, 2.05) is 6.92 Å². The predicted molar refractivity (Wildman–Crippen MR) is 78.2 cm³/mol. The van der Waals surface area contributed by atoms with Crippen LogP contribution in [0.25, 0.3) is 0 Å². The van der Waals surface area contributed by atoms with Gasteiger partial charge in [-0.1, -0.05) is 19.4 Å². The van der Waals surface area contributed by atoms with Crippen LogP contribution >= 0.6 is 0 Å². The topological polar surface area (TPSA) is 9.23 Å². The third-order valence-corrected chi connectivity index (χ3v) is 3.30. The van der Waals surface area contributed by atoms with Gasteiger partial charge < -0.3 is 4.74 Å². The molecule has 1 unspecified atom stereocenters. The van der Waals surface area contributed by atoms with E-state index in [-0.39, 0.29) is 0 Å². The summed E-state index contributed by atoms with van der Waals surface area (Å²) in [5, 5.41) is 0. The molecule has 18 heavy (non-hydrogen) atoms.